The van der Waals surface area contributed by atoms with Crippen LogP contribution in [0.25, 0.3) is 0 Å². The third-order valence-electron chi connectivity index (χ3n) is 3.01. The van der Waals surface area contributed by atoms with Gasteiger partial charge in [0.1, 0.15) is 5.01 Å². The Morgan fingerprint density at radius 2 is 2.05 bits per heavy atom. The van der Waals surface area contributed by atoms with Gasteiger partial charge in [-0.3, -0.25) is 5.32 Å². The molecule has 0 spiro atoms. The zero-order chi connectivity index (χ0) is 15.5. The molecule has 0 radical (unpaired) electrons. The Kier molecular flexibility index (Phi) is 5.13. The minimum Gasteiger partial charge on any atom is -0.348 e. The summed E-state index contributed by atoms with van der Waals surface area (Å²) in [6, 6.07) is -0.215. The Bertz CT molecular complexity index is 480. The van der Waals surface area contributed by atoms with E-state index in [2.05, 4.69) is 36.3 Å². The van der Waals surface area contributed by atoms with Gasteiger partial charge in [-0.05, 0) is 6.92 Å². The van der Waals surface area contributed by atoms with Crippen LogP contribution in [0.3, 0.4) is 0 Å². The molecule has 1 fully saturated rings. The van der Waals surface area contributed by atoms with Crippen molar-refractivity contribution in [2.45, 2.75) is 39.4 Å². The minimum absolute atomic E-state index is 0.0728. The number of aromatic nitrogens is 2. The summed E-state index contributed by atoms with van der Waals surface area (Å²) in [6.45, 7) is 10.2. The normalized spacial score (nSPS) is 16.2. The summed E-state index contributed by atoms with van der Waals surface area (Å²) in [7, 11) is 0. The van der Waals surface area contributed by atoms with Gasteiger partial charge in [0.2, 0.25) is 5.13 Å². The zero-order valence-corrected chi connectivity index (χ0v) is 13.7. The number of nitrogens with one attached hydrogen (secondary N) is 1. The van der Waals surface area contributed by atoms with Crippen LogP contribution >= 0.6 is 11.3 Å². The van der Waals surface area contributed by atoms with Gasteiger partial charge < -0.3 is 14.4 Å². The molecule has 0 aliphatic carbocycles. The molecular formula is C13H22N4O3S. The fraction of sp³-hybridized carbons (Fsp3) is 0.769. The SMILES string of the molecule is CCN(CC1OCCO1)C(=O)Nc1nnc(C(C)(C)C)s1. The van der Waals surface area contributed by atoms with Crippen LogP contribution in [0, 0.1) is 0 Å². The number of nitrogens with zero attached hydrogens (tertiary/aromatic N) is 3. The van der Waals surface area contributed by atoms with Gasteiger partial charge in [-0.1, -0.05) is 32.1 Å². The summed E-state index contributed by atoms with van der Waals surface area (Å²) in [6.07, 6.45) is -0.338. The lowest BCUT2D eigenvalue weighted by Crippen LogP contribution is -2.40. The number of likely N-dealkylation sites (N-methyl/N-ethyl adjacent to an activating group) is 1. The molecule has 1 aromatic heterocycles. The van der Waals surface area contributed by atoms with Gasteiger partial charge in [-0.2, -0.15) is 0 Å². The molecule has 1 saturated heterocycles. The third-order valence-corrected chi connectivity index (χ3v) is 4.27. The van der Waals surface area contributed by atoms with Crippen molar-refractivity contribution >= 4 is 22.5 Å². The molecule has 0 atom stereocenters. The fourth-order valence-corrected chi connectivity index (χ4v) is 2.59. The molecule has 1 aliphatic heterocycles. The van der Waals surface area contributed by atoms with E-state index in [1.807, 2.05) is 6.92 Å². The van der Waals surface area contributed by atoms with E-state index in [0.717, 1.165) is 5.01 Å². The number of amides is 2. The van der Waals surface area contributed by atoms with Crippen molar-refractivity contribution in [1.29, 1.82) is 0 Å². The van der Waals surface area contributed by atoms with Crippen LogP contribution in [-0.4, -0.2) is 53.7 Å². The highest BCUT2D eigenvalue weighted by molar-refractivity contribution is 7.15. The number of urea groups is 1. The van der Waals surface area contributed by atoms with Crippen molar-refractivity contribution in [3.05, 3.63) is 5.01 Å². The van der Waals surface area contributed by atoms with Crippen LogP contribution in [0.15, 0.2) is 0 Å². The van der Waals surface area contributed by atoms with Crippen molar-refractivity contribution in [2.75, 3.05) is 31.6 Å². The average Bonchev–Trinajstić information content (AvgIpc) is 3.05. The lowest BCUT2D eigenvalue weighted by Gasteiger charge is -2.23. The largest absolute Gasteiger partial charge is 0.348 e. The number of ether oxygens (including phenoxy) is 2. The number of anilines is 1. The Hall–Kier alpha value is -1.25. The number of rotatable bonds is 4. The first-order valence-electron chi connectivity index (χ1n) is 7.03. The van der Waals surface area contributed by atoms with Crippen LogP contribution in [0.5, 0.6) is 0 Å². The maximum atomic E-state index is 12.2. The summed E-state index contributed by atoms with van der Waals surface area (Å²) in [5.41, 5.74) is -0.0728. The zero-order valence-electron chi connectivity index (χ0n) is 12.9. The van der Waals surface area contributed by atoms with Crippen molar-refractivity contribution in [3.63, 3.8) is 0 Å². The first-order chi connectivity index (χ1) is 9.90. The fourth-order valence-electron chi connectivity index (χ4n) is 1.80. The molecule has 1 aliphatic rings. The second-order valence-corrected chi connectivity index (χ2v) is 6.78. The maximum Gasteiger partial charge on any atom is 0.323 e. The van der Waals surface area contributed by atoms with Gasteiger partial charge in [-0.15, -0.1) is 10.2 Å². The van der Waals surface area contributed by atoms with E-state index in [1.54, 1.807) is 4.90 Å². The van der Waals surface area contributed by atoms with E-state index in [9.17, 15) is 4.79 Å². The van der Waals surface area contributed by atoms with E-state index in [0.29, 0.717) is 31.4 Å². The smallest absolute Gasteiger partial charge is 0.323 e. The molecule has 1 N–H and O–H groups in total. The Morgan fingerprint density at radius 1 is 1.38 bits per heavy atom. The van der Waals surface area contributed by atoms with Crippen LogP contribution in [0.2, 0.25) is 0 Å². The van der Waals surface area contributed by atoms with Crippen LogP contribution in [0.4, 0.5) is 9.93 Å². The quantitative estimate of drug-likeness (QED) is 0.920. The highest BCUT2D eigenvalue weighted by Gasteiger charge is 2.24. The summed E-state index contributed by atoms with van der Waals surface area (Å²) in [5.74, 6) is 0. The maximum absolute atomic E-state index is 12.2. The summed E-state index contributed by atoms with van der Waals surface area (Å²) < 4.78 is 10.7. The van der Waals surface area contributed by atoms with E-state index < -0.39 is 0 Å². The highest BCUT2D eigenvalue weighted by Crippen LogP contribution is 2.27. The minimum atomic E-state index is -0.338. The predicted molar refractivity (Wildman–Crippen MR) is 80.6 cm³/mol. The molecule has 2 rings (SSSR count). The van der Waals surface area contributed by atoms with Crippen molar-refractivity contribution in [2.24, 2.45) is 0 Å². The van der Waals surface area contributed by atoms with E-state index >= 15 is 0 Å². The molecule has 2 amide bonds. The Morgan fingerprint density at radius 3 is 2.57 bits per heavy atom. The van der Waals surface area contributed by atoms with Crippen LogP contribution in [0.1, 0.15) is 32.7 Å². The van der Waals surface area contributed by atoms with Crippen molar-refractivity contribution in [1.82, 2.24) is 15.1 Å². The molecule has 2 heterocycles. The van der Waals surface area contributed by atoms with Crippen molar-refractivity contribution < 1.29 is 14.3 Å². The van der Waals surface area contributed by atoms with Gasteiger partial charge in [0.05, 0.1) is 19.8 Å². The standard InChI is InChI=1S/C13H22N4O3S/c1-5-17(8-9-19-6-7-20-9)12(18)14-11-16-15-10(21-11)13(2,3)4/h9H,5-8H2,1-4H3,(H,14,16,18). The average molecular weight is 314 g/mol. The second kappa shape index (κ2) is 6.67. The first-order valence-corrected chi connectivity index (χ1v) is 7.85. The molecule has 7 nitrogen and oxygen atoms in total. The highest BCUT2D eigenvalue weighted by atomic mass is 32.1. The van der Waals surface area contributed by atoms with Gasteiger partial charge in [0.15, 0.2) is 6.29 Å². The number of hydrogen-bond donors (Lipinski definition) is 1. The number of carbonyl (C=O) groups excluding carboxylic acids is 1. The summed E-state index contributed by atoms with van der Waals surface area (Å²) in [5, 5.41) is 12.3. The van der Waals surface area contributed by atoms with Gasteiger partial charge in [0.25, 0.3) is 0 Å². The number of hydrogen-bond acceptors (Lipinski definition) is 6. The molecule has 0 aromatic carbocycles. The lowest BCUT2D eigenvalue weighted by molar-refractivity contribution is -0.0541. The lowest BCUT2D eigenvalue weighted by atomic mass is 9.98. The molecule has 118 valence electrons. The molecule has 0 bridgehead atoms. The van der Waals surface area contributed by atoms with Crippen LogP contribution in [-0.2, 0) is 14.9 Å². The summed E-state index contributed by atoms with van der Waals surface area (Å²) in [4.78, 5) is 13.9. The van der Waals surface area contributed by atoms with Gasteiger partial charge in [0, 0.05) is 12.0 Å². The Labute approximate surface area is 128 Å². The Balaban J connectivity index is 1.93. The van der Waals surface area contributed by atoms with E-state index in [4.69, 9.17) is 9.47 Å². The molecule has 0 saturated carbocycles. The molecule has 8 heteroatoms. The van der Waals surface area contributed by atoms with Crippen LogP contribution < -0.4 is 5.32 Å². The van der Waals surface area contributed by atoms with E-state index in [-0.39, 0.29) is 17.7 Å². The molecule has 1 aromatic rings. The van der Waals surface area contributed by atoms with Crippen molar-refractivity contribution in [3.8, 4) is 0 Å². The molecular weight excluding hydrogens is 292 g/mol. The number of carbonyl (C=O) groups is 1. The molecule has 21 heavy (non-hydrogen) atoms. The monoisotopic (exact) mass is 314 g/mol. The molecule has 0 unspecified atom stereocenters. The van der Waals surface area contributed by atoms with E-state index in [1.165, 1.54) is 11.3 Å². The third kappa shape index (κ3) is 4.36. The summed E-state index contributed by atoms with van der Waals surface area (Å²) >= 11 is 1.40. The van der Waals surface area contributed by atoms with Gasteiger partial charge >= 0.3 is 6.03 Å². The second-order valence-electron chi connectivity index (χ2n) is 5.80. The first kappa shape index (κ1) is 16.1. The van der Waals surface area contributed by atoms with Gasteiger partial charge in [-0.25, -0.2) is 4.79 Å². The predicted octanol–water partition coefficient (Wildman–Crippen LogP) is 2.06. The topological polar surface area (TPSA) is 76.6 Å².